The first kappa shape index (κ1) is 22.0. The Kier molecular flexibility index (Phi) is 6.52. The van der Waals surface area contributed by atoms with E-state index in [1.807, 2.05) is 40.6 Å². The smallest absolute Gasteiger partial charge is 0.332 e. The molecule has 168 valence electrons. The summed E-state index contributed by atoms with van der Waals surface area (Å²) in [6.07, 6.45) is 2.67. The Hall–Kier alpha value is -3.24. The van der Waals surface area contributed by atoms with Crippen molar-refractivity contribution in [2.24, 2.45) is 7.05 Å². The molecular weight excluding hydrogens is 428 g/mol. The molecule has 10 heteroatoms. The van der Waals surface area contributed by atoms with Crippen molar-refractivity contribution >= 4 is 28.1 Å². The Morgan fingerprint density at radius 2 is 1.91 bits per heavy atom. The van der Waals surface area contributed by atoms with Crippen LogP contribution in [0.1, 0.15) is 22.3 Å². The van der Waals surface area contributed by atoms with Crippen LogP contribution in [0.4, 0.5) is 10.9 Å². The molecule has 0 aliphatic carbocycles. The number of nitrogen functional groups attached to an aromatic ring is 1. The lowest BCUT2D eigenvalue weighted by Crippen LogP contribution is -2.44. The van der Waals surface area contributed by atoms with Crippen LogP contribution >= 0.6 is 11.3 Å². The quantitative estimate of drug-likeness (QED) is 0.555. The van der Waals surface area contributed by atoms with E-state index in [4.69, 9.17) is 5.73 Å². The van der Waals surface area contributed by atoms with Gasteiger partial charge in [0.05, 0.1) is 13.1 Å². The molecule has 0 spiro atoms. The third kappa shape index (κ3) is 4.51. The molecule has 3 aromatic rings. The van der Waals surface area contributed by atoms with Gasteiger partial charge in [-0.15, -0.1) is 11.3 Å². The van der Waals surface area contributed by atoms with Crippen molar-refractivity contribution in [2.75, 3.05) is 43.4 Å². The highest BCUT2D eigenvalue weighted by Gasteiger charge is 2.25. The van der Waals surface area contributed by atoms with E-state index >= 15 is 0 Å². The summed E-state index contributed by atoms with van der Waals surface area (Å²) in [5, 5.41) is 2.93. The van der Waals surface area contributed by atoms with Crippen LogP contribution in [0.25, 0.3) is 0 Å². The molecule has 4 rings (SSSR count). The minimum Gasteiger partial charge on any atom is -0.384 e. The van der Waals surface area contributed by atoms with Gasteiger partial charge in [-0.3, -0.25) is 23.6 Å². The maximum Gasteiger partial charge on any atom is 0.332 e. The number of ketones is 1. The Morgan fingerprint density at radius 3 is 2.62 bits per heavy atom. The average molecular weight is 455 g/mol. The van der Waals surface area contributed by atoms with Gasteiger partial charge < -0.3 is 10.6 Å². The van der Waals surface area contributed by atoms with Crippen molar-refractivity contribution < 1.29 is 4.79 Å². The highest BCUT2D eigenvalue weighted by atomic mass is 32.1. The molecule has 0 radical (unpaired) electrons. The number of Topliss-reactive ketones (excluding diaryl/α,β-unsaturated/α-hetero) is 1. The first-order valence-electron chi connectivity index (χ1n) is 10.5. The van der Waals surface area contributed by atoms with Crippen molar-refractivity contribution in [2.45, 2.75) is 13.0 Å². The van der Waals surface area contributed by atoms with Gasteiger partial charge in [0.2, 0.25) is 0 Å². The second kappa shape index (κ2) is 9.49. The molecule has 0 unspecified atom stereocenters. The molecule has 1 aliphatic rings. The molecule has 1 saturated heterocycles. The summed E-state index contributed by atoms with van der Waals surface area (Å²) >= 11 is 1.60. The predicted octanol–water partition coefficient (Wildman–Crippen LogP) is 1.03. The summed E-state index contributed by atoms with van der Waals surface area (Å²) in [7, 11) is 1.38. The van der Waals surface area contributed by atoms with Crippen molar-refractivity contribution in [3.8, 4) is 0 Å². The highest BCUT2D eigenvalue weighted by Crippen LogP contribution is 2.19. The van der Waals surface area contributed by atoms with Crippen molar-refractivity contribution in [1.82, 2.24) is 19.0 Å². The molecule has 0 atom stereocenters. The third-order valence-electron chi connectivity index (χ3n) is 5.69. The van der Waals surface area contributed by atoms with E-state index < -0.39 is 11.2 Å². The summed E-state index contributed by atoms with van der Waals surface area (Å²) in [4.78, 5) is 47.3. The number of nitrogens with two attached hydrogens (primary N) is 1. The fraction of sp³-hybridized carbons (Fsp3) is 0.364. The van der Waals surface area contributed by atoms with Gasteiger partial charge in [-0.2, -0.15) is 0 Å². The molecule has 32 heavy (non-hydrogen) atoms. The molecule has 9 nitrogen and oxygen atoms in total. The molecule has 1 aromatic carbocycles. The molecule has 2 aromatic heterocycles. The number of rotatable bonds is 6. The number of carbonyl (C=O) groups is 1. The summed E-state index contributed by atoms with van der Waals surface area (Å²) in [6, 6.07) is 9.33. The van der Waals surface area contributed by atoms with Crippen molar-refractivity contribution in [3.63, 3.8) is 0 Å². The molecule has 0 bridgehead atoms. The fourth-order valence-electron chi connectivity index (χ4n) is 3.94. The lowest BCUT2D eigenvalue weighted by Gasteiger charge is -2.21. The van der Waals surface area contributed by atoms with Crippen LogP contribution in [-0.2, 0) is 13.6 Å². The number of hydrogen-bond acceptors (Lipinski definition) is 8. The fourth-order valence-corrected chi connectivity index (χ4v) is 4.64. The average Bonchev–Trinajstić information content (AvgIpc) is 3.23. The summed E-state index contributed by atoms with van der Waals surface area (Å²) < 4.78 is 2.25. The molecular formula is C22H26N6O3S. The molecule has 2 N–H and O–H groups in total. The largest absolute Gasteiger partial charge is 0.384 e. The van der Waals surface area contributed by atoms with Gasteiger partial charge in [-0.1, -0.05) is 30.3 Å². The van der Waals surface area contributed by atoms with Gasteiger partial charge in [-0.25, -0.2) is 9.78 Å². The van der Waals surface area contributed by atoms with Gasteiger partial charge in [0.15, 0.2) is 10.9 Å². The van der Waals surface area contributed by atoms with E-state index in [-0.39, 0.29) is 30.3 Å². The number of nitrogens with zero attached hydrogens (tertiary/aromatic N) is 5. The monoisotopic (exact) mass is 454 g/mol. The SMILES string of the molecule is Cn1c(=O)c(C(=O)CN2CCCN(c3nccs3)CC2)c(N)n(Cc2ccccc2)c1=O. The van der Waals surface area contributed by atoms with Crippen LogP contribution in [0.15, 0.2) is 51.5 Å². The summed E-state index contributed by atoms with van der Waals surface area (Å²) in [5.74, 6) is -0.446. The molecule has 1 aliphatic heterocycles. The van der Waals surface area contributed by atoms with Crippen molar-refractivity contribution in [1.29, 1.82) is 0 Å². The minimum atomic E-state index is -0.652. The Bertz CT molecular complexity index is 1200. The molecule has 1 fully saturated rings. The lowest BCUT2D eigenvalue weighted by atomic mass is 10.1. The zero-order valence-corrected chi connectivity index (χ0v) is 18.8. The van der Waals surface area contributed by atoms with Gasteiger partial charge >= 0.3 is 5.69 Å². The zero-order valence-electron chi connectivity index (χ0n) is 17.9. The van der Waals surface area contributed by atoms with E-state index in [2.05, 4.69) is 9.88 Å². The number of anilines is 2. The molecule has 0 amide bonds. The molecule has 3 heterocycles. The Balaban J connectivity index is 1.55. The first-order chi connectivity index (χ1) is 15.5. The van der Waals surface area contributed by atoms with Crippen LogP contribution in [0, 0.1) is 0 Å². The maximum atomic E-state index is 13.2. The van der Waals surface area contributed by atoms with E-state index in [0.29, 0.717) is 6.54 Å². The summed E-state index contributed by atoms with van der Waals surface area (Å²) in [6.45, 7) is 3.29. The van der Waals surface area contributed by atoms with E-state index in [9.17, 15) is 14.4 Å². The highest BCUT2D eigenvalue weighted by molar-refractivity contribution is 7.13. The van der Waals surface area contributed by atoms with Gasteiger partial charge in [0, 0.05) is 44.8 Å². The van der Waals surface area contributed by atoms with Crippen LogP contribution < -0.4 is 21.9 Å². The Labute approximate surface area is 189 Å². The van der Waals surface area contributed by atoms with Gasteiger partial charge in [0.25, 0.3) is 5.56 Å². The van der Waals surface area contributed by atoms with Crippen molar-refractivity contribution in [3.05, 3.63) is 73.9 Å². The predicted molar refractivity (Wildman–Crippen MR) is 126 cm³/mol. The normalized spacial score (nSPS) is 15.0. The number of hydrogen-bond donors (Lipinski definition) is 1. The van der Waals surface area contributed by atoms with Crippen LogP contribution in [0.5, 0.6) is 0 Å². The summed E-state index contributed by atoms with van der Waals surface area (Å²) in [5.41, 5.74) is 5.76. The minimum absolute atomic E-state index is 0.0776. The second-order valence-corrected chi connectivity index (χ2v) is 8.71. The topological polar surface area (TPSA) is 106 Å². The van der Waals surface area contributed by atoms with E-state index in [0.717, 1.165) is 41.3 Å². The van der Waals surface area contributed by atoms with E-state index in [1.165, 1.54) is 11.6 Å². The number of thiazole rings is 1. The third-order valence-corrected chi connectivity index (χ3v) is 6.52. The van der Waals surface area contributed by atoms with Crippen LogP contribution in [0.3, 0.4) is 0 Å². The van der Waals surface area contributed by atoms with Crippen LogP contribution in [0.2, 0.25) is 0 Å². The lowest BCUT2D eigenvalue weighted by molar-refractivity contribution is 0.0933. The molecule has 0 saturated carbocycles. The van der Waals surface area contributed by atoms with Crippen LogP contribution in [-0.4, -0.2) is 57.5 Å². The number of aromatic nitrogens is 3. The standard InChI is InChI=1S/C22H26N6O3S/c1-25-20(30)18(19(23)28(22(25)31)14-16-6-3-2-4-7-16)17(29)15-26-9-5-10-27(12-11-26)21-24-8-13-32-21/h2-4,6-8,13H,5,9-12,14-15,23H2,1H3. The number of carbonyl (C=O) groups excluding carboxylic acids is 1. The van der Waals surface area contributed by atoms with Gasteiger partial charge in [0.1, 0.15) is 11.4 Å². The number of benzene rings is 1. The first-order valence-corrected chi connectivity index (χ1v) is 11.4. The Morgan fingerprint density at radius 1 is 1.12 bits per heavy atom. The second-order valence-electron chi connectivity index (χ2n) is 7.83. The zero-order chi connectivity index (χ0) is 22.7. The maximum absolute atomic E-state index is 13.2. The van der Waals surface area contributed by atoms with E-state index in [1.54, 1.807) is 17.5 Å². The van der Waals surface area contributed by atoms with Gasteiger partial charge in [-0.05, 0) is 12.0 Å².